The lowest BCUT2D eigenvalue weighted by Gasteiger charge is -2.33. The largest absolute Gasteiger partial charge is 0.357 e. The smallest absolute Gasteiger partial charge is 0.194 e. The van der Waals surface area contributed by atoms with Crippen LogP contribution >= 0.6 is 24.0 Å². The molecule has 1 saturated carbocycles. The van der Waals surface area contributed by atoms with Crippen molar-refractivity contribution in [3.63, 3.8) is 0 Å². The van der Waals surface area contributed by atoms with Gasteiger partial charge < -0.3 is 10.2 Å². The molecule has 3 rings (SSSR count). The number of halogens is 1. The zero-order chi connectivity index (χ0) is 19.3. The van der Waals surface area contributed by atoms with E-state index in [1.54, 1.807) is 0 Å². The van der Waals surface area contributed by atoms with Gasteiger partial charge in [-0.3, -0.25) is 0 Å². The van der Waals surface area contributed by atoms with Gasteiger partial charge in [0.05, 0.1) is 12.3 Å². The number of aliphatic imine (C=N–C) groups is 1. The van der Waals surface area contributed by atoms with Crippen molar-refractivity contribution in [3.05, 3.63) is 35.4 Å². The summed E-state index contributed by atoms with van der Waals surface area (Å²) in [4.78, 5) is 7.30. The van der Waals surface area contributed by atoms with E-state index in [2.05, 4.69) is 17.1 Å². The van der Waals surface area contributed by atoms with Crippen LogP contribution in [-0.2, 0) is 22.1 Å². The Morgan fingerprint density at radius 3 is 2.36 bits per heavy atom. The molecule has 0 aromatic heterocycles. The Bertz CT molecular complexity index is 756. The van der Waals surface area contributed by atoms with Gasteiger partial charge in [0.25, 0.3) is 0 Å². The van der Waals surface area contributed by atoms with Gasteiger partial charge in [0.15, 0.2) is 15.8 Å². The second-order valence-electron chi connectivity index (χ2n) is 8.29. The summed E-state index contributed by atoms with van der Waals surface area (Å²) >= 11 is 0. The van der Waals surface area contributed by atoms with Gasteiger partial charge in [0.2, 0.25) is 0 Å². The van der Waals surface area contributed by atoms with E-state index >= 15 is 0 Å². The number of rotatable bonds is 5. The fourth-order valence-corrected chi connectivity index (χ4v) is 5.26. The Labute approximate surface area is 187 Å². The molecule has 1 N–H and O–H groups in total. The Balaban J connectivity index is 0.00000280. The molecule has 1 aromatic rings. The lowest BCUT2D eigenvalue weighted by molar-refractivity contribution is 0.203. The zero-order valence-electron chi connectivity index (χ0n) is 17.1. The number of benzene rings is 1. The standard InChI is InChI=1S/C21H33N3O2S.HI/c1-3-22-20(24-14-13-21(17-24)11-5-4-6-12-21)23-15-18-7-9-19(10-8-18)16-27(2,25)26;/h7-10H,3-6,11-17H2,1-2H3,(H,22,23);1H. The van der Waals surface area contributed by atoms with Crippen molar-refractivity contribution in [1.82, 2.24) is 10.2 Å². The van der Waals surface area contributed by atoms with Crippen LogP contribution in [0.5, 0.6) is 0 Å². The molecule has 1 aliphatic heterocycles. The highest BCUT2D eigenvalue weighted by atomic mass is 127. The van der Waals surface area contributed by atoms with Gasteiger partial charge in [-0.2, -0.15) is 0 Å². The third-order valence-corrected chi connectivity index (χ3v) is 6.71. The molecule has 1 aliphatic carbocycles. The lowest BCUT2D eigenvalue weighted by Crippen LogP contribution is -2.41. The zero-order valence-corrected chi connectivity index (χ0v) is 20.3. The summed E-state index contributed by atoms with van der Waals surface area (Å²) in [6.45, 7) is 5.83. The summed E-state index contributed by atoms with van der Waals surface area (Å²) in [6.07, 6.45) is 9.43. The van der Waals surface area contributed by atoms with Crippen molar-refractivity contribution in [1.29, 1.82) is 0 Å². The van der Waals surface area contributed by atoms with Crippen molar-refractivity contribution in [2.75, 3.05) is 25.9 Å². The van der Waals surface area contributed by atoms with Gasteiger partial charge in [0.1, 0.15) is 0 Å². The number of hydrogen-bond donors (Lipinski definition) is 1. The van der Waals surface area contributed by atoms with Gasteiger partial charge in [-0.15, -0.1) is 24.0 Å². The highest BCUT2D eigenvalue weighted by Gasteiger charge is 2.39. The van der Waals surface area contributed by atoms with E-state index in [1.165, 1.54) is 44.8 Å². The van der Waals surface area contributed by atoms with Gasteiger partial charge in [-0.05, 0) is 42.7 Å². The highest BCUT2D eigenvalue weighted by molar-refractivity contribution is 14.0. The van der Waals surface area contributed by atoms with Crippen molar-refractivity contribution in [2.24, 2.45) is 10.4 Å². The van der Waals surface area contributed by atoms with Gasteiger partial charge in [0, 0.05) is 25.9 Å². The highest BCUT2D eigenvalue weighted by Crippen LogP contribution is 2.43. The second-order valence-corrected chi connectivity index (χ2v) is 10.4. The Morgan fingerprint density at radius 1 is 1.11 bits per heavy atom. The molecule has 7 heteroatoms. The average molecular weight is 519 g/mol. The Morgan fingerprint density at radius 2 is 1.75 bits per heavy atom. The monoisotopic (exact) mass is 519 g/mol. The molecule has 1 saturated heterocycles. The van der Waals surface area contributed by atoms with Crippen LogP contribution < -0.4 is 5.32 Å². The predicted octanol–water partition coefficient (Wildman–Crippen LogP) is 3.97. The Kier molecular flexibility index (Phi) is 8.60. The SMILES string of the molecule is CCNC(=NCc1ccc(CS(C)(=O)=O)cc1)N1CCC2(CCCCC2)C1.I. The van der Waals surface area contributed by atoms with Crippen LogP contribution in [0.25, 0.3) is 0 Å². The summed E-state index contributed by atoms with van der Waals surface area (Å²) < 4.78 is 22.8. The number of sulfone groups is 1. The third-order valence-electron chi connectivity index (χ3n) is 5.85. The minimum atomic E-state index is -2.99. The predicted molar refractivity (Wildman–Crippen MR) is 127 cm³/mol. The van der Waals surface area contributed by atoms with Crippen molar-refractivity contribution >= 4 is 39.8 Å². The second kappa shape index (κ2) is 10.3. The average Bonchev–Trinajstić information content (AvgIpc) is 3.02. The molecule has 0 radical (unpaired) electrons. The maximum atomic E-state index is 11.4. The minimum absolute atomic E-state index is 0. The maximum Gasteiger partial charge on any atom is 0.194 e. The molecule has 0 amide bonds. The van der Waals surface area contributed by atoms with Gasteiger partial charge in [-0.1, -0.05) is 43.5 Å². The molecule has 1 heterocycles. The van der Waals surface area contributed by atoms with E-state index in [-0.39, 0.29) is 29.7 Å². The number of guanidine groups is 1. The minimum Gasteiger partial charge on any atom is -0.357 e. The lowest BCUT2D eigenvalue weighted by atomic mass is 9.73. The number of nitrogens with zero attached hydrogens (tertiary/aromatic N) is 2. The van der Waals surface area contributed by atoms with Crippen molar-refractivity contribution in [2.45, 2.75) is 57.7 Å². The molecule has 0 atom stereocenters. The molecule has 1 aromatic carbocycles. The summed E-state index contributed by atoms with van der Waals surface area (Å²) in [6, 6.07) is 7.76. The van der Waals surface area contributed by atoms with Crippen LogP contribution in [0.15, 0.2) is 29.3 Å². The van der Waals surface area contributed by atoms with Crippen molar-refractivity contribution in [3.8, 4) is 0 Å². The van der Waals surface area contributed by atoms with E-state index in [0.717, 1.165) is 36.7 Å². The molecule has 0 unspecified atom stereocenters. The molecule has 28 heavy (non-hydrogen) atoms. The quantitative estimate of drug-likeness (QED) is 0.364. The van der Waals surface area contributed by atoms with Crippen LogP contribution in [0.2, 0.25) is 0 Å². The first-order chi connectivity index (χ1) is 12.9. The summed E-state index contributed by atoms with van der Waals surface area (Å²) in [5, 5.41) is 3.46. The van der Waals surface area contributed by atoms with Crippen LogP contribution in [0.1, 0.15) is 56.6 Å². The fourth-order valence-electron chi connectivity index (χ4n) is 4.46. The van der Waals surface area contributed by atoms with Crippen molar-refractivity contribution < 1.29 is 8.42 Å². The summed E-state index contributed by atoms with van der Waals surface area (Å²) in [7, 11) is -2.99. The molecule has 5 nitrogen and oxygen atoms in total. The molecule has 158 valence electrons. The van der Waals surface area contributed by atoms with Gasteiger partial charge in [-0.25, -0.2) is 13.4 Å². The van der Waals surface area contributed by atoms with E-state index in [0.29, 0.717) is 12.0 Å². The van der Waals surface area contributed by atoms with Crippen LogP contribution in [0.3, 0.4) is 0 Å². The molecule has 0 bridgehead atoms. The van der Waals surface area contributed by atoms with E-state index in [1.807, 2.05) is 24.3 Å². The number of nitrogens with one attached hydrogen (secondary N) is 1. The normalized spacial score (nSPS) is 19.5. The first-order valence-corrected chi connectivity index (χ1v) is 12.2. The molecular weight excluding hydrogens is 485 g/mol. The molecule has 2 aliphatic rings. The topological polar surface area (TPSA) is 61.8 Å². The van der Waals surface area contributed by atoms with Crippen LogP contribution in [0, 0.1) is 5.41 Å². The van der Waals surface area contributed by atoms with Crippen LogP contribution in [-0.4, -0.2) is 45.2 Å². The van der Waals surface area contributed by atoms with Crippen LogP contribution in [0.4, 0.5) is 0 Å². The van der Waals surface area contributed by atoms with E-state index in [4.69, 9.17) is 4.99 Å². The van der Waals surface area contributed by atoms with E-state index < -0.39 is 9.84 Å². The molecule has 1 spiro atoms. The molecule has 2 fully saturated rings. The first kappa shape index (κ1) is 23.4. The maximum absolute atomic E-state index is 11.4. The first-order valence-electron chi connectivity index (χ1n) is 10.2. The summed E-state index contributed by atoms with van der Waals surface area (Å²) in [5.74, 6) is 1.11. The van der Waals surface area contributed by atoms with E-state index in [9.17, 15) is 8.42 Å². The summed E-state index contributed by atoms with van der Waals surface area (Å²) in [5.41, 5.74) is 2.45. The number of likely N-dealkylation sites (tertiary alicyclic amines) is 1. The Hall–Kier alpha value is -0.830. The molecular formula is C21H34IN3O2S. The third kappa shape index (κ3) is 6.61. The fraction of sp³-hybridized carbons (Fsp3) is 0.667. The van der Waals surface area contributed by atoms with Gasteiger partial charge >= 0.3 is 0 Å². The number of hydrogen-bond acceptors (Lipinski definition) is 3.